The third-order valence-electron chi connectivity index (χ3n) is 3.37. The maximum Gasteiger partial charge on any atom is 0.261 e. The van der Waals surface area contributed by atoms with E-state index in [1.807, 2.05) is 0 Å². The van der Waals surface area contributed by atoms with Gasteiger partial charge in [0.2, 0.25) is 0 Å². The molecule has 7 heteroatoms. The van der Waals surface area contributed by atoms with E-state index in [1.165, 1.54) is 18.2 Å². The van der Waals surface area contributed by atoms with Gasteiger partial charge < -0.3 is 9.84 Å². The van der Waals surface area contributed by atoms with E-state index < -0.39 is 11.7 Å². The van der Waals surface area contributed by atoms with E-state index in [0.29, 0.717) is 10.7 Å². The van der Waals surface area contributed by atoms with Crippen molar-refractivity contribution in [1.82, 2.24) is 5.16 Å². The lowest BCUT2D eigenvalue weighted by atomic mass is 10.0. The number of carbonyl (C=O) groups is 1. The molecule has 0 atom stereocenters. The summed E-state index contributed by atoms with van der Waals surface area (Å²) in [6, 6.07) is 10.9. The number of amides is 1. The average Bonchev–Trinajstić information content (AvgIpc) is 2.89. The maximum atomic E-state index is 14.2. The standard InChI is InChI=1S/C17H11Cl2FN2O2/c1-9-14(17(23)21-11-5-2-4-10(18)8-11)16(22-24-9)15-12(19)6-3-7-13(15)20/h2-8H,1H3,(H,21,23). The van der Waals surface area contributed by atoms with Crippen LogP contribution >= 0.6 is 23.2 Å². The van der Waals surface area contributed by atoms with Crippen LogP contribution in [0, 0.1) is 12.7 Å². The molecule has 1 heterocycles. The summed E-state index contributed by atoms with van der Waals surface area (Å²) >= 11 is 12.0. The molecule has 1 amide bonds. The molecule has 3 rings (SSSR count). The second-order valence-electron chi connectivity index (χ2n) is 5.02. The van der Waals surface area contributed by atoms with Crippen molar-refractivity contribution < 1.29 is 13.7 Å². The van der Waals surface area contributed by atoms with E-state index in [2.05, 4.69) is 10.5 Å². The van der Waals surface area contributed by atoms with Crippen molar-refractivity contribution in [2.45, 2.75) is 6.92 Å². The zero-order valence-corrected chi connectivity index (χ0v) is 14.0. The van der Waals surface area contributed by atoms with Gasteiger partial charge in [0, 0.05) is 10.7 Å². The molecule has 0 fully saturated rings. The van der Waals surface area contributed by atoms with Crippen molar-refractivity contribution in [1.29, 1.82) is 0 Å². The van der Waals surface area contributed by atoms with E-state index >= 15 is 0 Å². The fraction of sp³-hybridized carbons (Fsp3) is 0.0588. The fourth-order valence-corrected chi connectivity index (χ4v) is 2.74. The van der Waals surface area contributed by atoms with Gasteiger partial charge in [-0.2, -0.15) is 0 Å². The van der Waals surface area contributed by atoms with E-state index in [9.17, 15) is 9.18 Å². The lowest BCUT2D eigenvalue weighted by Crippen LogP contribution is -2.13. The Labute approximate surface area is 147 Å². The summed E-state index contributed by atoms with van der Waals surface area (Å²) in [4.78, 5) is 12.6. The average molecular weight is 365 g/mol. The van der Waals surface area contributed by atoms with Crippen LogP contribution in [-0.2, 0) is 0 Å². The van der Waals surface area contributed by atoms with Gasteiger partial charge in [-0.15, -0.1) is 0 Å². The van der Waals surface area contributed by atoms with Crippen LogP contribution in [0.2, 0.25) is 10.0 Å². The van der Waals surface area contributed by atoms with Gasteiger partial charge in [0.05, 0.1) is 10.6 Å². The van der Waals surface area contributed by atoms with Crippen LogP contribution in [0.4, 0.5) is 10.1 Å². The third kappa shape index (κ3) is 3.13. The Bertz CT molecular complexity index is 904. The molecule has 2 aromatic carbocycles. The number of nitrogens with zero attached hydrogens (tertiary/aromatic N) is 1. The molecule has 0 bridgehead atoms. The molecule has 0 aliphatic rings. The Morgan fingerprint density at radius 1 is 1.21 bits per heavy atom. The second kappa shape index (κ2) is 6.63. The number of hydrogen-bond acceptors (Lipinski definition) is 3. The van der Waals surface area contributed by atoms with Crippen molar-refractivity contribution in [3.8, 4) is 11.3 Å². The van der Waals surface area contributed by atoms with Gasteiger partial charge in [0.25, 0.3) is 5.91 Å². The highest BCUT2D eigenvalue weighted by Crippen LogP contribution is 2.33. The van der Waals surface area contributed by atoms with Crippen LogP contribution in [0.5, 0.6) is 0 Å². The molecule has 0 aliphatic heterocycles. The van der Waals surface area contributed by atoms with E-state index in [-0.39, 0.29) is 27.6 Å². The molecule has 0 spiro atoms. The summed E-state index contributed by atoms with van der Waals surface area (Å²) in [7, 11) is 0. The number of rotatable bonds is 3. The summed E-state index contributed by atoms with van der Waals surface area (Å²) in [5, 5.41) is 7.11. The molecule has 0 aliphatic carbocycles. The SMILES string of the molecule is Cc1onc(-c2c(F)cccc2Cl)c1C(=O)Nc1cccc(Cl)c1. The molecule has 1 N–H and O–H groups in total. The van der Waals surface area contributed by atoms with Crippen LogP contribution in [-0.4, -0.2) is 11.1 Å². The van der Waals surface area contributed by atoms with E-state index in [4.69, 9.17) is 27.7 Å². The highest BCUT2D eigenvalue weighted by Gasteiger charge is 2.25. The number of halogens is 3. The minimum Gasteiger partial charge on any atom is -0.360 e. The molecule has 0 unspecified atom stereocenters. The number of benzene rings is 2. The topological polar surface area (TPSA) is 55.1 Å². The van der Waals surface area contributed by atoms with Crippen LogP contribution in [0.3, 0.4) is 0 Å². The maximum absolute atomic E-state index is 14.2. The van der Waals surface area contributed by atoms with Gasteiger partial charge in [0.15, 0.2) is 0 Å². The summed E-state index contributed by atoms with van der Waals surface area (Å²) in [5.74, 6) is -0.832. The lowest BCUT2D eigenvalue weighted by molar-refractivity contribution is 0.102. The Balaban J connectivity index is 2.03. The zero-order valence-electron chi connectivity index (χ0n) is 12.4. The second-order valence-corrected chi connectivity index (χ2v) is 5.87. The summed E-state index contributed by atoms with van der Waals surface area (Å²) in [5.41, 5.74) is 0.683. The van der Waals surface area contributed by atoms with Gasteiger partial charge in [-0.1, -0.05) is 40.5 Å². The number of hydrogen-bond donors (Lipinski definition) is 1. The summed E-state index contributed by atoms with van der Waals surface area (Å²) in [6.45, 7) is 1.57. The van der Waals surface area contributed by atoms with Crippen molar-refractivity contribution in [3.63, 3.8) is 0 Å². The molecule has 122 valence electrons. The Morgan fingerprint density at radius 3 is 2.67 bits per heavy atom. The summed E-state index contributed by atoms with van der Waals surface area (Å²) in [6.07, 6.45) is 0. The predicted molar refractivity (Wildman–Crippen MR) is 91.0 cm³/mol. The Kier molecular flexibility index (Phi) is 4.55. The molecule has 0 saturated heterocycles. The van der Waals surface area contributed by atoms with Crippen molar-refractivity contribution >= 4 is 34.8 Å². The predicted octanol–water partition coefficient (Wildman–Crippen LogP) is 5.35. The first-order valence-electron chi connectivity index (χ1n) is 6.95. The quantitative estimate of drug-likeness (QED) is 0.681. The van der Waals surface area contributed by atoms with Crippen LogP contribution in [0.15, 0.2) is 47.0 Å². The van der Waals surface area contributed by atoms with Gasteiger partial charge >= 0.3 is 0 Å². The molecule has 24 heavy (non-hydrogen) atoms. The third-order valence-corrected chi connectivity index (χ3v) is 3.92. The van der Waals surface area contributed by atoms with Crippen molar-refractivity contribution in [3.05, 3.63) is 69.7 Å². The molecular weight excluding hydrogens is 354 g/mol. The summed E-state index contributed by atoms with van der Waals surface area (Å²) < 4.78 is 19.2. The van der Waals surface area contributed by atoms with Crippen LogP contribution in [0.1, 0.15) is 16.1 Å². The zero-order chi connectivity index (χ0) is 17.3. The van der Waals surface area contributed by atoms with Crippen LogP contribution in [0.25, 0.3) is 11.3 Å². The fourth-order valence-electron chi connectivity index (χ4n) is 2.29. The first kappa shape index (κ1) is 16.5. The van der Waals surface area contributed by atoms with Crippen molar-refractivity contribution in [2.75, 3.05) is 5.32 Å². The monoisotopic (exact) mass is 364 g/mol. The highest BCUT2D eigenvalue weighted by atomic mass is 35.5. The largest absolute Gasteiger partial charge is 0.360 e. The highest BCUT2D eigenvalue weighted by molar-refractivity contribution is 6.33. The molecule has 3 aromatic rings. The number of anilines is 1. The first-order valence-corrected chi connectivity index (χ1v) is 7.70. The van der Waals surface area contributed by atoms with Gasteiger partial charge in [0.1, 0.15) is 22.8 Å². The van der Waals surface area contributed by atoms with Gasteiger partial charge in [-0.3, -0.25) is 4.79 Å². The van der Waals surface area contributed by atoms with E-state index in [1.54, 1.807) is 31.2 Å². The minimum atomic E-state index is -0.590. The Hall–Kier alpha value is -2.37. The normalized spacial score (nSPS) is 10.7. The molecule has 1 aromatic heterocycles. The number of aryl methyl sites for hydroxylation is 1. The van der Waals surface area contributed by atoms with Crippen LogP contribution < -0.4 is 5.32 Å². The first-order chi connectivity index (χ1) is 11.5. The molecule has 0 radical (unpaired) electrons. The van der Waals surface area contributed by atoms with E-state index in [0.717, 1.165) is 0 Å². The number of nitrogens with one attached hydrogen (secondary N) is 1. The Morgan fingerprint density at radius 2 is 1.96 bits per heavy atom. The minimum absolute atomic E-state index is 0.0206. The lowest BCUT2D eigenvalue weighted by Gasteiger charge is -2.07. The molecule has 4 nitrogen and oxygen atoms in total. The van der Waals surface area contributed by atoms with Gasteiger partial charge in [-0.05, 0) is 37.3 Å². The molecular formula is C17H11Cl2FN2O2. The van der Waals surface area contributed by atoms with Gasteiger partial charge in [-0.25, -0.2) is 4.39 Å². The number of carbonyl (C=O) groups excluding carboxylic acids is 1. The number of aromatic nitrogens is 1. The molecule has 0 saturated carbocycles. The van der Waals surface area contributed by atoms with Crippen molar-refractivity contribution in [2.24, 2.45) is 0 Å². The smallest absolute Gasteiger partial charge is 0.261 e.